The van der Waals surface area contributed by atoms with Crippen molar-refractivity contribution in [3.63, 3.8) is 0 Å². The Morgan fingerprint density at radius 2 is 1.68 bits per heavy atom. The number of hydrogen-bond acceptors (Lipinski definition) is 4. The van der Waals surface area contributed by atoms with Crippen molar-refractivity contribution in [3.05, 3.63) is 64.2 Å². The number of rotatable bonds is 13. The second kappa shape index (κ2) is 14.1. The maximum Gasteiger partial charge on any atom is 0.255 e. The number of unbranched alkanes of at least 4 members (excludes halogenated alkanes) is 1. The first-order valence-corrected chi connectivity index (χ1v) is 16.1. The molecule has 1 aliphatic rings. The molecule has 1 N–H and O–H groups in total. The first-order chi connectivity index (χ1) is 18.9. The van der Waals surface area contributed by atoms with Gasteiger partial charge in [0.1, 0.15) is 11.8 Å². The monoisotopic (exact) mass is 586 g/mol. The molecular weight excluding hydrogens is 540 g/mol. The first-order valence-electron chi connectivity index (χ1n) is 14.7. The fraction of sp³-hybridized carbons (Fsp3) is 0.576. The third-order valence-corrected chi connectivity index (χ3v) is 10.2. The van der Waals surface area contributed by atoms with Crippen LogP contribution in [0.5, 0.6) is 5.75 Å². The van der Waals surface area contributed by atoms with Crippen molar-refractivity contribution >= 4 is 35.2 Å². The minimum atomic E-state index is -0.473. The van der Waals surface area contributed by atoms with Crippen molar-refractivity contribution in [1.82, 2.24) is 10.2 Å². The van der Waals surface area contributed by atoms with E-state index < -0.39 is 6.04 Å². The van der Waals surface area contributed by atoms with Gasteiger partial charge in [-0.2, -0.15) is 0 Å². The van der Waals surface area contributed by atoms with Crippen LogP contribution in [0.2, 0.25) is 5.02 Å². The smallest absolute Gasteiger partial charge is 0.255 e. The number of amides is 2. The lowest BCUT2D eigenvalue weighted by molar-refractivity contribution is -0.124. The topological polar surface area (TPSA) is 58.6 Å². The standard InChI is InChI=1S/C33H47ClN2O3S/c1-8-29-36(31(38)23-13-16-25(34)17-14-23)27(22-40-29)30(37)35-19-11-12-20-39-28-18-15-24(32(4,5)9-2)21-26(28)33(6,7)10-3/h13-18,21,27,29H,8-12,19-20,22H2,1-7H3,(H,35,37). The highest BCUT2D eigenvalue weighted by Gasteiger charge is 2.40. The van der Waals surface area contributed by atoms with Crippen LogP contribution in [0.25, 0.3) is 0 Å². The van der Waals surface area contributed by atoms with Crippen LogP contribution in [-0.2, 0) is 15.6 Å². The quantitative estimate of drug-likeness (QED) is 0.242. The summed E-state index contributed by atoms with van der Waals surface area (Å²) in [5.74, 6) is 1.35. The molecule has 1 fully saturated rings. The van der Waals surface area contributed by atoms with Crippen molar-refractivity contribution < 1.29 is 14.3 Å². The van der Waals surface area contributed by atoms with Crippen molar-refractivity contribution in [3.8, 4) is 5.75 Å². The second-order valence-corrected chi connectivity index (χ2v) is 13.6. The lowest BCUT2D eigenvalue weighted by Gasteiger charge is -2.30. The summed E-state index contributed by atoms with van der Waals surface area (Å²) < 4.78 is 6.29. The molecule has 3 rings (SSSR count). The van der Waals surface area contributed by atoms with Gasteiger partial charge in [0.25, 0.3) is 5.91 Å². The Kier molecular flexibility index (Phi) is 11.4. The van der Waals surface area contributed by atoms with E-state index in [0.717, 1.165) is 37.9 Å². The number of carbonyl (C=O) groups is 2. The summed E-state index contributed by atoms with van der Waals surface area (Å²) in [4.78, 5) is 28.1. The molecule has 0 radical (unpaired) electrons. The normalized spacial score (nSPS) is 17.6. The molecule has 0 spiro atoms. The predicted octanol–water partition coefficient (Wildman–Crippen LogP) is 7.98. The van der Waals surface area contributed by atoms with Crippen LogP contribution in [-0.4, -0.2) is 47.0 Å². The largest absolute Gasteiger partial charge is 0.493 e. The Morgan fingerprint density at radius 3 is 2.30 bits per heavy atom. The molecule has 2 amide bonds. The molecule has 0 aliphatic carbocycles. The van der Waals surface area contributed by atoms with Crippen LogP contribution in [0, 0.1) is 0 Å². The molecule has 0 aromatic heterocycles. The van der Waals surface area contributed by atoms with Crippen LogP contribution in [0.1, 0.15) is 102 Å². The number of ether oxygens (including phenoxy) is 1. The fourth-order valence-electron chi connectivity index (χ4n) is 4.83. The van der Waals surface area contributed by atoms with Crippen LogP contribution in [0.3, 0.4) is 0 Å². The van der Waals surface area contributed by atoms with Gasteiger partial charge >= 0.3 is 0 Å². The minimum Gasteiger partial charge on any atom is -0.493 e. The van der Waals surface area contributed by atoms with E-state index >= 15 is 0 Å². The summed E-state index contributed by atoms with van der Waals surface area (Å²) >= 11 is 7.66. The molecule has 1 aliphatic heterocycles. The molecule has 0 saturated carbocycles. The highest BCUT2D eigenvalue weighted by molar-refractivity contribution is 8.00. The summed E-state index contributed by atoms with van der Waals surface area (Å²) in [6.07, 6.45) is 4.54. The fourth-order valence-corrected chi connectivity index (χ4v) is 6.31. The summed E-state index contributed by atoms with van der Waals surface area (Å²) in [5.41, 5.74) is 3.31. The number of thioether (sulfide) groups is 1. The Bertz CT molecular complexity index is 1150. The lowest BCUT2D eigenvalue weighted by Crippen LogP contribution is -2.49. The molecule has 0 bridgehead atoms. The van der Waals surface area contributed by atoms with E-state index in [-0.39, 0.29) is 28.0 Å². The van der Waals surface area contributed by atoms with Gasteiger partial charge < -0.3 is 15.0 Å². The summed E-state index contributed by atoms with van der Waals surface area (Å²) in [6, 6.07) is 13.1. The van der Waals surface area contributed by atoms with Crippen LogP contribution >= 0.6 is 23.4 Å². The van der Waals surface area contributed by atoms with Crippen LogP contribution in [0.15, 0.2) is 42.5 Å². The van der Waals surface area contributed by atoms with E-state index in [1.54, 1.807) is 40.9 Å². The summed E-state index contributed by atoms with van der Waals surface area (Å²) in [5, 5.41) is 3.64. The maximum absolute atomic E-state index is 13.3. The number of hydrogen-bond donors (Lipinski definition) is 1. The Hall–Kier alpha value is -2.18. The number of carbonyl (C=O) groups excluding carboxylic acids is 2. The van der Waals surface area contributed by atoms with Gasteiger partial charge in [-0.3, -0.25) is 9.59 Å². The highest BCUT2D eigenvalue weighted by Crippen LogP contribution is 2.38. The van der Waals surface area contributed by atoms with Gasteiger partial charge in [-0.25, -0.2) is 0 Å². The van der Waals surface area contributed by atoms with E-state index in [0.29, 0.717) is 29.5 Å². The zero-order valence-electron chi connectivity index (χ0n) is 25.3. The molecule has 1 saturated heterocycles. The Labute approximate surface area is 250 Å². The highest BCUT2D eigenvalue weighted by atomic mass is 35.5. The number of nitrogens with one attached hydrogen (secondary N) is 1. The van der Waals surface area contributed by atoms with Gasteiger partial charge in [0.15, 0.2) is 0 Å². The van der Waals surface area contributed by atoms with E-state index in [2.05, 4.69) is 65.1 Å². The molecule has 7 heteroatoms. The number of halogens is 1. The Morgan fingerprint density at radius 1 is 1.00 bits per heavy atom. The molecule has 5 nitrogen and oxygen atoms in total. The lowest BCUT2D eigenvalue weighted by atomic mass is 9.76. The molecule has 2 aromatic rings. The average molecular weight is 587 g/mol. The SMILES string of the molecule is CCC1SCC(C(=O)NCCCCOc2ccc(C(C)(C)CC)cc2C(C)(C)CC)N1C(=O)c1ccc(Cl)cc1. The van der Waals surface area contributed by atoms with Gasteiger partial charge in [-0.05, 0) is 78.8 Å². The van der Waals surface area contributed by atoms with Gasteiger partial charge in [-0.15, -0.1) is 11.8 Å². The molecule has 1 heterocycles. The Balaban J connectivity index is 1.54. The number of benzene rings is 2. The van der Waals surface area contributed by atoms with Crippen molar-refractivity contribution in [2.45, 2.75) is 103 Å². The zero-order chi connectivity index (χ0) is 29.5. The molecule has 2 unspecified atom stereocenters. The third-order valence-electron chi connectivity index (χ3n) is 8.46. The molecule has 2 aromatic carbocycles. The van der Waals surface area contributed by atoms with Gasteiger partial charge in [0.2, 0.25) is 5.91 Å². The van der Waals surface area contributed by atoms with E-state index in [1.807, 2.05) is 6.92 Å². The second-order valence-electron chi connectivity index (χ2n) is 12.0. The van der Waals surface area contributed by atoms with Crippen molar-refractivity contribution in [1.29, 1.82) is 0 Å². The van der Waals surface area contributed by atoms with Crippen molar-refractivity contribution in [2.24, 2.45) is 0 Å². The summed E-state index contributed by atoms with van der Waals surface area (Å²) in [6.45, 7) is 16.8. The molecule has 220 valence electrons. The third kappa shape index (κ3) is 7.76. The van der Waals surface area contributed by atoms with Crippen molar-refractivity contribution in [2.75, 3.05) is 18.9 Å². The molecule has 40 heavy (non-hydrogen) atoms. The van der Waals surface area contributed by atoms with Gasteiger partial charge in [0.05, 0.1) is 12.0 Å². The maximum atomic E-state index is 13.3. The van der Waals surface area contributed by atoms with Gasteiger partial charge in [-0.1, -0.05) is 72.2 Å². The number of nitrogens with zero attached hydrogens (tertiary/aromatic N) is 1. The van der Waals surface area contributed by atoms with Crippen LogP contribution in [0.4, 0.5) is 0 Å². The average Bonchev–Trinajstić information content (AvgIpc) is 3.39. The van der Waals surface area contributed by atoms with E-state index in [1.165, 1.54) is 11.1 Å². The zero-order valence-corrected chi connectivity index (χ0v) is 26.9. The predicted molar refractivity (Wildman–Crippen MR) is 169 cm³/mol. The first kappa shape index (κ1) is 32.3. The molecule has 2 atom stereocenters. The van der Waals surface area contributed by atoms with E-state index in [9.17, 15) is 9.59 Å². The molecular formula is C33H47ClN2O3S. The minimum absolute atomic E-state index is 0.0109. The van der Waals surface area contributed by atoms with Gasteiger partial charge in [0, 0.05) is 28.4 Å². The van der Waals surface area contributed by atoms with E-state index in [4.69, 9.17) is 16.3 Å². The summed E-state index contributed by atoms with van der Waals surface area (Å²) in [7, 11) is 0. The van der Waals surface area contributed by atoms with Crippen LogP contribution < -0.4 is 10.1 Å².